The van der Waals surface area contributed by atoms with Crippen LogP contribution in [0.25, 0.3) is 0 Å². The molecule has 0 aromatic heterocycles. The molecule has 1 aromatic carbocycles. The number of guanidine groups is 1. The summed E-state index contributed by atoms with van der Waals surface area (Å²) in [5, 5.41) is 7.53. The van der Waals surface area contributed by atoms with Gasteiger partial charge in [0, 0.05) is 18.3 Å². The van der Waals surface area contributed by atoms with Crippen molar-refractivity contribution in [3.8, 4) is 5.75 Å². The maximum absolute atomic E-state index is 12.9. The lowest BCUT2D eigenvalue weighted by molar-refractivity contribution is 0.223. The van der Waals surface area contributed by atoms with E-state index in [9.17, 15) is 4.39 Å². The van der Waals surface area contributed by atoms with Gasteiger partial charge >= 0.3 is 0 Å². The Morgan fingerprint density at radius 2 is 2.08 bits per heavy atom. The zero-order valence-electron chi connectivity index (χ0n) is 14.4. The number of halogens is 2. The molecule has 1 aliphatic rings. The standard InChI is InChI=1S/C17H26FN3OS.HI/c1-12(22-15-7-4-13(18)5-8-15)11-20-17(19-2)21-14-6-9-16(10-14)23-3;/h4-5,7-8,12,14,16H,6,9-11H2,1-3H3,(H2,19,20,21);1H. The molecular formula is C17H27FIN3OS. The number of thioether (sulfide) groups is 1. The second kappa shape index (κ2) is 11.0. The van der Waals surface area contributed by atoms with Crippen molar-refractivity contribution in [3.05, 3.63) is 30.1 Å². The second-order valence-electron chi connectivity index (χ2n) is 5.85. The third-order valence-corrected chi connectivity index (χ3v) is 5.08. The van der Waals surface area contributed by atoms with Crippen LogP contribution in [-0.2, 0) is 0 Å². The lowest BCUT2D eigenvalue weighted by Gasteiger charge is -2.20. The van der Waals surface area contributed by atoms with E-state index in [2.05, 4.69) is 21.9 Å². The Morgan fingerprint density at radius 3 is 2.67 bits per heavy atom. The minimum Gasteiger partial charge on any atom is -0.489 e. The van der Waals surface area contributed by atoms with E-state index < -0.39 is 0 Å². The monoisotopic (exact) mass is 467 g/mol. The van der Waals surface area contributed by atoms with Gasteiger partial charge in [-0.2, -0.15) is 11.8 Å². The van der Waals surface area contributed by atoms with Crippen LogP contribution in [0.15, 0.2) is 29.3 Å². The predicted molar refractivity (Wildman–Crippen MR) is 111 cm³/mol. The van der Waals surface area contributed by atoms with Crippen molar-refractivity contribution in [2.45, 2.75) is 43.6 Å². The van der Waals surface area contributed by atoms with E-state index in [0.29, 0.717) is 18.3 Å². The minimum absolute atomic E-state index is 0. The minimum atomic E-state index is -0.257. The number of nitrogens with zero attached hydrogens (tertiary/aromatic N) is 1. The fourth-order valence-corrected chi connectivity index (χ4v) is 3.50. The lowest BCUT2D eigenvalue weighted by Crippen LogP contribution is -2.45. The topological polar surface area (TPSA) is 45.7 Å². The SMILES string of the molecule is CN=C(NCC(C)Oc1ccc(F)cc1)NC1CCC(SC)C1.I. The van der Waals surface area contributed by atoms with E-state index in [-0.39, 0.29) is 35.9 Å². The van der Waals surface area contributed by atoms with Crippen LogP contribution in [0.3, 0.4) is 0 Å². The molecule has 7 heteroatoms. The number of ether oxygens (including phenoxy) is 1. The van der Waals surface area contributed by atoms with Crippen LogP contribution in [0.4, 0.5) is 4.39 Å². The van der Waals surface area contributed by atoms with Gasteiger partial charge in [0.1, 0.15) is 17.7 Å². The van der Waals surface area contributed by atoms with Crippen LogP contribution in [0.2, 0.25) is 0 Å². The molecule has 0 bridgehead atoms. The summed E-state index contributed by atoms with van der Waals surface area (Å²) < 4.78 is 18.6. The van der Waals surface area contributed by atoms with Crippen molar-refractivity contribution in [2.24, 2.45) is 4.99 Å². The van der Waals surface area contributed by atoms with Gasteiger partial charge in [-0.25, -0.2) is 4.39 Å². The first-order valence-corrected chi connectivity index (χ1v) is 9.31. The van der Waals surface area contributed by atoms with E-state index in [0.717, 1.165) is 11.2 Å². The van der Waals surface area contributed by atoms with E-state index in [1.54, 1.807) is 19.2 Å². The molecule has 1 fully saturated rings. The van der Waals surface area contributed by atoms with Crippen LogP contribution in [0.5, 0.6) is 5.75 Å². The zero-order valence-corrected chi connectivity index (χ0v) is 17.6. The summed E-state index contributed by atoms with van der Waals surface area (Å²) >= 11 is 1.94. The third kappa shape index (κ3) is 7.04. The highest BCUT2D eigenvalue weighted by molar-refractivity contribution is 14.0. The summed E-state index contributed by atoms with van der Waals surface area (Å²) in [5.41, 5.74) is 0. The number of aliphatic imine (C=N–C) groups is 1. The zero-order chi connectivity index (χ0) is 16.7. The summed E-state index contributed by atoms with van der Waals surface area (Å²) in [4.78, 5) is 4.28. The maximum atomic E-state index is 12.9. The van der Waals surface area contributed by atoms with Gasteiger partial charge in [-0.15, -0.1) is 24.0 Å². The molecule has 2 rings (SSSR count). The largest absolute Gasteiger partial charge is 0.489 e. The highest BCUT2D eigenvalue weighted by Crippen LogP contribution is 2.27. The highest BCUT2D eigenvalue weighted by atomic mass is 127. The molecule has 136 valence electrons. The Hall–Kier alpha value is -0.700. The molecule has 24 heavy (non-hydrogen) atoms. The molecule has 0 radical (unpaired) electrons. The highest BCUT2D eigenvalue weighted by Gasteiger charge is 2.24. The van der Waals surface area contributed by atoms with Gasteiger partial charge in [-0.05, 0) is 56.7 Å². The van der Waals surface area contributed by atoms with Crippen LogP contribution in [0, 0.1) is 5.82 Å². The Kier molecular flexibility index (Phi) is 9.80. The summed E-state index contributed by atoms with van der Waals surface area (Å²) in [7, 11) is 1.78. The van der Waals surface area contributed by atoms with Gasteiger partial charge in [0.25, 0.3) is 0 Å². The molecule has 0 heterocycles. The summed E-state index contributed by atoms with van der Waals surface area (Å²) in [6.07, 6.45) is 5.77. The molecule has 0 aliphatic heterocycles. The summed E-state index contributed by atoms with van der Waals surface area (Å²) in [5.74, 6) is 1.22. The van der Waals surface area contributed by atoms with Gasteiger partial charge in [-0.1, -0.05) is 0 Å². The van der Waals surface area contributed by atoms with Crippen LogP contribution >= 0.6 is 35.7 Å². The Morgan fingerprint density at radius 1 is 1.38 bits per heavy atom. The Labute approximate surface area is 165 Å². The molecular weight excluding hydrogens is 440 g/mol. The molecule has 1 aliphatic carbocycles. The molecule has 0 spiro atoms. The first-order valence-electron chi connectivity index (χ1n) is 8.03. The molecule has 2 N–H and O–H groups in total. The number of rotatable bonds is 6. The molecule has 4 nitrogen and oxygen atoms in total. The number of hydrogen-bond acceptors (Lipinski definition) is 3. The smallest absolute Gasteiger partial charge is 0.191 e. The number of nitrogens with one attached hydrogen (secondary N) is 2. The van der Waals surface area contributed by atoms with Crippen molar-refractivity contribution < 1.29 is 9.13 Å². The second-order valence-corrected chi connectivity index (χ2v) is 6.99. The van der Waals surface area contributed by atoms with Crippen LogP contribution < -0.4 is 15.4 Å². The average molecular weight is 467 g/mol. The maximum Gasteiger partial charge on any atom is 0.191 e. The summed E-state index contributed by atoms with van der Waals surface area (Å²) in [6, 6.07) is 6.57. The van der Waals surface area contributed by atoms with Crippen molar-refractivity contribution in [1.82, 2.24) is 10.6 Å². The van der Waals surface area contributed by atoms with Gasteiger partial charge in [0.05, 0.1) is 6.54 Å². The van der Waals surface area contributed by atoms with Crippen LogP contribution in [-0.4, -0.2) is 43.2 Å². The molecule has 3 unspecified atom stereocenters. The van der Waals surface area contributed by atoms with Crippen molar-refractivity contribution in [1.29, 1.82) is 0 Å². The molecule has 1 aromatic rings. The number of hydrogen-bond donors (Lipinski definition) is 2. The number of benzene rings is 1. The Balaban J connectivity index is 0.00000288. The summed E-state index contributed by atoms with van der Waals surface area (Å²) in [6.45, 7) is 2.61. The third-order valence-electron chi connectivity index (χ3n) is 3.99. The molecule has 0 saturated heterocycles. The van der Waals surface area contributed by atoms with E-state index >= 15 is 0 Å². The van der Waals surface area contributed by atoms with Crippen molar-refractivity contribution >= 4 is 41.7 Å². The van der Waals surface area contributed by atoms with Crippen LogP contribution in [0.1, 0.15) is 26.2 Å². The first kappa shape index (κ1) is 21.3. The molecule has 3 atom stereocenters. The normalized spacial score (nSPS) is 21.8. The van der Waals surface area contributed by atoms with E-state index in [1.165, 1.54) is 31.4 Å². The van der Waals surface area contributed by atoms with Gasteiger partial charge in [0.15, 0.2) is 5.96 Å². The quantitative estimate of drug-likeness (QED) is 0.381. The van der Waals surface area contributed by atoms with Crippen molar-refractivity contribution in [2.75, 3.05) is 19.8 Å². The molecule has 1 saturated carbocycles. The lowest BCUT2D eigenvalue weighted by atomic mass is 10.2. The predicted octanol–water partition coefficient (Wildman–Crippen LogP) is 3.66. The first-order chi connectivity index (χ1) is 11.1. The van der Waals surface area contributed by atoms with Crippen molar-refractivity contribution in [3.63, 3.8) is 0 Å². The van der Waals surface area contributed by atoms with E-state index in [1.807, 2.05) is 18.7 Å². The fraction of sp³-hybridized carbons (Fsp3) is 0.588. The molecule has 0 amide bonds. The average Bonchev–Trinajstić information content (AvgIpc) is 3.01. The van der Waals surface area contributed by atoms with E-state index in [4.69, 9.17) is 4.74 Å². The van der Waals surface area contributed by atoms with Gasteiger partial charge in [0.2, 0.25) is 0 Å². The van der Waals surface area contributed by atoms with Gasteiger partial charge in [-0.3, -0.25) is 4.99 Å². The van der Waals surface area contributed by atoms with Gasteiger partial charge < -0.3 is 15.4 Å². The fourth-order valence-electron chi connectivity index (χ4n) is 2.70. The Bertz CT molecular complexity index is 515.